The van der Waals surface area contributed by atoms with Gasteiger partial charge in [0.15, 0.2) is 0 Å². The van der Waals surface area contributed by atoms with E-state index in [4.69, 9.17) is 4.74 Å². The molecule has 1 N–H and O–H groups in total. The number of hydrogen-bond acceptors (Lipinski definition) is 2. The van der Waals surface area contributed by atoms with Crippen molar-refractivity contribution in [1.82, 2.24) is 0 Å². The van der Waals surface area contributed by atoms with Gasteiger partial charge in [0.2, 0.25) is 0 Å². The molecule has 1 rings (SSSR count). The van der Waals surface area contributed by atoms with E-state index in [-0.39, 0.29) is 0 Å². The highest BCUT2D eigenvalue weighted by Gasteiger charge is 2.06. The van der Waals surface area contributed by atoms with Gasteiger partial charge in [0, 0.05) is 17.8 Å². The van der Waals surface area contributed by atoms with Crippen LogP contribution in [0.25, 0.3) is 0 Å². The van der Waals surface area contributed by atoms with E-state index in [9.17, 15) is 0 Å². The molecule has 15 heavy (non-hydrogen) atoms. The van der Waals surface area contributed by atoms with Crippen LogP contribution in [0.15, 0.2) is 18.2 Å². The summed E-state index contributed by atoms with van der Waals surface area (Å²) in [5.74, 6) is 0.911. The highest BCUT2D eigenvalue weighted by atomic mass is 16.5. The van der Waals surface area contributed by atoms with Crippen molar-refractivity contribution in [1.29, 1.82) is 0 Å². The Morgan fingerprint density at radius 3 is 2.47 bits per heavy atom. The first-order valence-corrected chi connectivity index (χ1v) is 5.62. The third kappa shape index (κ3) is 3.15. The number of ether oxygens (including phenoxy) is 1. The molecule has 0 radical (unpaired) electrons. The van der Waals surface area contributed by atoms with Crippen LogP contribution < -0.4 is 10.1 Å². The Labute approximate surface area is 92.6 Å². The zero-order chi connectivity index (χ0) is 11.3. The number of anilines is 1. The summed E-state index contributed by atoms with van der Waals surface area (Å²) in [5.41, 5.74) is 2.45. The second kappa shape index (κ2) is 5.64. The van der Waals surface area contributed by atoms with Crippen molar-refractivity contribution in [3.8, 4) is 5.75 Å². The first kappa shape index (κ1) is 11.9. The second-order valence-electron chi connectivity index (χ2n) is 3.84. The smallest absolute Gasteiger partial charge is 0.120 e. The van der Waals surface area contributed by atoms with Crippen LogP contribution in [0.4, 0.5) is 5.69 Å². The lowest BCUT2D eigenvalue weighted by Crippen LogP contribution is -2.17. The standard InChI is InChI=1S/C13H21NO/c1-5-11(6-2)14-13-9-12(15-4)8-7-10(13)3/h7-9,11,14H,5-6H2,1-4H3. The largest absolute Gasteiger partial charge is 0.497 e. The van der Waals surface area contributed by atoms with Crippen molar-refractivity contribution in [2.24, 2.45) is 0 Å². The summed E-state index contributed by atoms with van der Waals surface area (Å²) < 4.78 is 5.22. The molecule has 0 atom stereocenters. The van der Waals surface area contributed by atoms with Gasteiger partial charge in [0.05, 0.1) is 7.11 Å². The van der Waals surface area contributed by atoms with Crippen LogP contribution in [0.5, 0.6) is 5.75 Å². The summed E-state index contributed by atoms with van der Waals surface area (Å²) in [5, 5.41) is 3.54. The lowest BCUT2D eigenvalue weighted by molar-refractivity contribution is 0.415. The van der Waals surface area contributed by atoms with Gasteiger partial charge in [-0.3, -0.25) is 0 Å². The van der Waals surface area contributed by atoms with E-state index in [0.717, 1.165) is 18.6 Å². The molecule has 2 nitrogen and oxygen atoms in total. The number of methoxy groups -OCH3 is 1. The summed E-state index contributed by atoms with van der Waals surface area (Å²) in [7, 11) is 1.70. The van der Waals surface area contributed by atoms with Crippen LogP contribution in [-0.2, 0) is 0 Å². The first-order valence-electron chi connectivity index (χ1n) is 5.62. The van der Waals surface area contributed by atoms with Crippen molar-refractivity contribution >= 4 is 5.69 Å². The van der Waals surface area contributed by atoms with Gasteiger partial charge in [-0.15, -0.1) is 0 Å². The Bertz CT molecular complexity index is 305. The summed E-state index contributed by atoms with van der Waals surface area (Å²) >= 11 is 0. The van der Waals surface area contributed by atoms with Gasteiger partial charge in [-0.25, -0.2) is 0 Å². The molecule has 0 heterocycles. The molecule has 0 saturated heterocycles. The number of nitrogens with one attached hydrogen (secondary N) is 1. The van der Waals surface area contributed by atoms with Gasteiger partial charge in [-0.05, 0) is 31.4 Å². The average molecular weight is 207 g/mol. The van der Waals surface area contributed by atoms with Crippen LogP contribution in [0, 0.1) is 6.92 Å². The zero-order valence-corrected chi connectivity index (χ0v) is 10.1. The minimum Gasteiger partial charge on any atom is -0.497 e. The quantitative estimate of drug-likeness (QED) is 0.796. The zero-order valence-electron chi connectivity index (χ0n) is 10.1. The molecule has 0 saturated carbocycles. The number of rotatable bonds is 5. The predicted octanol–water partition coefficient (Wildman–Crippen LogP) is 3.60. The number of hydrogen-bond donors (Lipinski definition) is 1. The van der Waals surface area contributed by atoms with E-state index in [0.29, 0.717) is 6.04 Å². The highest BCUT2D eigenvalue weighted by Crippen LogP contribution is 2.23. The summed E-state index contributed by atoms with van der Waals surface area (Å²) in [4.78, 5) is 0. The number of benzene rings is 1. The molecule has 0 aliphatic heterocycles. The van der Waals surface area contributed by atoms with Crippen LogP contribution in [0.2, 0.25) is 0 Å². The lowest BCUT2D eigenvalue weighted by atomic mass is 10.1. The first-order chi connectivity index (χ1) is 7.21. The highest BCUT2D eigenvalue weighted by molar-refractivity contribution is 5.55. The maximum atomic E-state index is 5.22. The predicted molar refractivity (Wildman–Crippen MR) is 65.7 cm³/mol. The molecule has 2 heteroatoms. The lowest BCUT2D eigenvalue weighted by Gasteiger charge is -2.18. The third-order valence-electron chi connectivity index (χ3n) is 2.79. The molecular formula is C13H21NO. The molecule has 1 aromatic rings. The van der Waals surface area contributed by atoms with E-state index in [1.807, 2.05) is 6.07 Å². The Balaban J connectivity index is 2.82. The molecule has 0 fully saturated rings. The van der Waals surface area contributed by atoms with Gasteiger partial charge < -0.3 is 10.1 Å². The second-order valence-corrected chi connectivity index (χ2v) is 3.84. The molecule has 0 unspecified atom stereocenters. The molecule has 1 aromatic carbocycles. The molecule has 0 spiro atoms. The minimum absolute atomic E-state index is 0.552. The monoisotopic (exact) mass is 207 g/mol. The molecular weight excluding hydrogens is 186 g/mol. The van der Waals surface area contributed by atoms with Crippen LogP contribution in [0.1, 0.15) is 32.3 Å². The van der Waals surface area contributed by atoms with Crippen molar-refractivity contribution in [3.63, 3.8) is 0 Å². The summed E-state index contributed by atoms with van der Waals surface area (Å²) in [6.07, 6.45) is 2.29. The van der Waals surface area contributed by atoms with Gasteiger partial charge in [0.1, 0.15) is 5.75 Å². The molecule has 84 valence electrons. The fourth-order valence-electron chi connectivity index (χ4n) is 1.60. The Morgan fingerprint density at radius 2 is 1.93 bits per heavy atom. The van der Waals surface area contributed by atoms with Crippen LogP contribution >= 0.6 is 0 Å². The van der Waals surface area contributed by atoms with Gasteiger partial charge >= 0.3 is 0 Å². The average Bonchev–Trinajstić information content (AvgIpc) is 2.28. The Hall–Kier alpha value is -1.18. The summed E-state index contributed by atoms with van der Waals surface area (Å²) in [6.45, 7) is 6.53. The van der Waals surface area contributed by atoms with E-state index >= 15 is 0 Å². The fraction of sp³-hybridized carbons (Fsp3) is 0.538. The van der Waals surface area contributed by atoms with E-state index in [2.05, 4.69) is 38.2 Å². The maximum absolute atomic E-state index is 5.22. The molecule has 0 aliphatic carbocycles. The summed E-state index contributed by atoms with van der Waals surface area (Å²) in [6, 6.07) is 6.70. The normalized spacial score (nSPS) is 10.5. The number of aryl methyl sites for hydroxylation is 1. The van der Waals surface area contributed by atoms with E-state index in [1.165, 1.54) is 11.3 Å². The van der Waals surface area contributed by atoms with Crippen molar-refractivity contribution in [2.45, 2.75) is 39.7 Å². The van der Waals surface area contributed by atoms with Crippen LogP contribution in [0.3, 0.4) is 0 Å². The van der Waals surface area contributed by atoms with Crippen molar-refractivity contribution in [3.05, 3.63) is 23.8 Å². The van der Waals surface area contributed by atoms with Gasteiger partial charge in [0.25, 0.3) is 0 Å². The minimum atomic E-state index is 0.552. The van der Waals surface area contributed by atoms with E-state index in [1.54, 1.807) is 7.11 Å². The van der Waals surface area contributed by atoms with Crippen LogP contribution in [-0.4, -0.2) is 13.2 Å². The third-order valence-corrected chi connectivity index (χ3v) is 2.79. The molecule has 0 amide bonds. The van der Waals surface area contributed by atoms with Crippen molar-refractivity contribution < 1.29 is 4.74 Å². The van der Waals surface area contributed by atoms with Gasteiger partial charge in [-0.1, -0.05) is 19.9 Å². The SMILES string of the molecule is CCC(CC)Nc1cc(OC)ccc1C. The van der Waals surface area contributed by atoms with Crippen molar-refractivity contribution in [2.75, 3.05) is 12.4 Å². The molecule has 0 bridgehead atoms. The Morgan fingerprint density at radius 1 is 1.27 bits per heavy atom. The van der Waals surface area contributed by atoms with Gasteiger partial charge in [-0.2, -0.15) is 0 Å². The topological polar surface area (TPSA) is 21.3 Å². The molecule has 0 aromatic heterocycles. The Kier molecular flexibility index (Phi) is 4.47. The van der Waals surface area contributed by atoms with E-state index < -0.39 is 0 Å². The molecule has 0 aliphatic rings. The fourth-order valence-corrected chi connectivity index (χ4v) is 1.60. The maximum Gasteiger partial charge on any atom is 0.120 e.